The molecule has 7 nitrogen and oxygen atoms in total. The van der Waals surface area contributed by atoms with E-state index in [0.717, 1.165) is 50.4 Å². The van der Waals surface area contributed by atoms with Gasteiger partial charge in [0, 0.05) is 31.3 Å². The van der Waals surface area contributed by atoms with Crippen molar-refractivity contribution in [3.63, 3.8) is 0 Å². The third-order valence-electron chi connectivity index (χ3n) is 5.02. The van der Waals surface area contributed by atoms with Gasteiger partial charge in [-0.15, -0.1) is 0 Å². The Morgan fingerprint density at radius 3 is 2.96 bits per heavy atom. The van der Waals surface area contributed by atoms with E-state index in [0.29, 0.717) is 13.2 Å². The van der Waals surface area contributed by atoms with Crippen LogP contribution in [0, 0.1) is 0 Å². The minimum absolute atomic E-state index is 0.173. The van der Waals surface area contributed by atoms with E-state index in [2.05, 4.69) is 26.9 Å². The van der Waals surface area contributed by atoms with Gasteiger partial charge in [-0.2, -0.15) is 5.10 Å². The first-order chi connectivity index (χ1) is 12.3. The van der Waals surface area contributed by atoms with Gasteiger partial charge in [-0.25, -0.2) is 9.97 Å². The number of hydrogen-bond donors (Lipinski definition) is 0. The van der Waals surface area contributed by atoms with Crippen LogP contribution in [-0.4, -0.2) is 57.8 Å². The lowest BCUT2D eigenvalue weighted by Crippen LogP contribution is -2.45. The minimum Gasteiger partial charge on any atom is -0.377 e. The third kappa shape index (κ3) is 3.67. The number of rotatable bonds is 4. The molecule has 2 unspecified atom stereocenters. The molecule has 2 aliphatic rings. The van der Waals surface area contributed by atoms with Crippen LogP contribution < -0.4 is 4.90 Å². The molecule has 0 aliphatic carbocycles. The smallest absolute Gasteiger partial charge is 0.225 e. The van der Waals surface area contributed by atoms with E-state index in [1.165, 1.54) is 0 Å². The average Bonchev–Trinajstić information content (AvgIpc) is 3.23. The van der Waals surface area contributed by atoms with Crippen molar-refractivity contribution in [3.05, 3.63) is 36.4 Å². The van der Waals surface area contributed by atoms with Crippen LogP contribution in [0.5, 0.6) is 0 Å². The monoisotopic (exact) mass is 343 g/mol. The second-order valence-corrected chi connectivity index (χ2v) is 6.91. The Labute approximate surface area is 148 Å². The molecular formula is C18H25N5O2. The molecule has 134 valence electrons. The molecule has 4 rings (SSSR count). The maximum atomic E-state index is 6.46. The van der Waals surface area contributed by atoms with Gasteiger partial charge in [0.25, 0.3) is 0 Å². The van der Waals surface area contributed by atoms with Gasteiger partial charge < -0.3 is 14.4 Å². The Balaban J connectivity index is 1.46. The van der Waals surface area contributed by atoms with Crippen molar-refractivity contribution in [1.29, 1.82) is 0 Å². The lowest BCUT2D eigenvalue weighted by molar-refractivity contribution is -0.0807. The molecule has 25 heavy (non-hydrogen) atoms. The molecule has 0 N–H and O–H groups in total. The molecule has 2 atom stereocenters. The minimum atomic E-state index is -0.277. The fourth-order valence-corrected chi connectivity index (χ4v) is 3.63. The quantitative estimate of drug-likeness (QED) is 0.842. The van der Waals surface area contributed by atoms with Crippen LogP contribution >= 0.6 is 0 Å². The van der Waals surface area contributed by atoms with Crippen molar-refractivity contribution in [2.75, 3.05) is 31.2 Å². The lowest BCUT2D eigenvalue weighted by Gasteiger charge is -2.32. The van der Waals surface area contributed by atoms with E-state index in [-0.39, 0.29) is 11.7 Å². The predicted molar refractivity (Wildman–Crippen MR) is 93.5 cm³/mol. The van der Waals surface area contributed by atoms with Gasteiger partial charge >= 0.3 is 0 Å². The van der Waals surface area contributed by atoms with E-state index in [4.69, 9.17) is 9.47 Å². The normalized spacial score (nSPS) is 26.9. The van der Waals surface area contributed by atoms with Crippen LogP contribution in [0.15, 0.2) is 30.9 Å². The second kappa shape index (κ2) is 7.09. The number of aryl methyl sites for hydroxylation is 1. The molecule has 0 saturated carbocycles. The molecule has 2 saturated heterocycles. The number of hydrogen-bond acceptors (Lipinski definition) is 6. The van der Waals surface area contributed by atoms with Crippen molar-refractivity contribution in [3.8, 4) is 0 Å². The zero-order chi connectivity index (χ0) is 17.1. The van der Waals surface area contributed by atoms with Gasteiger partial charge in [0.2, 0.25) is 5.95 Å². The standard InChI is InChI=1S/C18H25N5O2/c1-2-15-10-19-17(20-11-15)22-8-9-24-14-18(13-22)5-4-16(25-18)12-23-7-3-6-21-23/h3,6-7,10-11,16H,2,4-5,8-9,12-14H2,1H3. The highest BCUT2D eigenvalue weighted by atomic mass is 16.6. The van der Waals surface area contributed by atoms with Gasteiger partial charge in [-0.1, -0.05) is 6.92 Å². The summed E-state index contributed by atoms with van der Waals surface area (Å²) in [6.07, 6.45) is 10.7. The zero-order valence-electron chi connectivity index (χ0n) is 14.7. The van der Waals surface area contributed by atoms with Crippen LogP contribution in [0.1, 0.15) is 25.3 Å². The van der Waals surface area contributed by atoms with Crippen molar-refractivity contribution in [1.82, 2.24) is 19.7 Å². The van der Waals surface area contributed by atoms with Crippen LogP contribution in [0.2, 0.25) is 0 Å². The molecule has 0 radical (unpaired) electrons. The molecule has 2 aromatic heterocycles. The molecule has 0 amide bonds. The topological polar surface area (TPSA) is 65.3 Å². The summed E-state index contributed by atoms with van der Waals surface area (Å²) in [5, 5.41) is 4.29. The van der Waals surface area contributed by atoms with Crippen molar-refractivity contribution in [2.45, 2.75) is 44.4 Å². The number of ether oxygens (including phenoxy) is 2. The summed E-state index contributed by atoms with van der Waals surface area (Å²) in [4.78, 5) is 11.3. The summed E-state index contributed by atoms with van der Waals surface area (Å²) in [5.41, 5.74) is 0.877. The molecule has 4 heterocycles. The Kier molecular flexibility index (Phi) is 4.67. The van der Waals surface area contributed by atoms with Crippen LogP contribution in [0.4, 0.5) is 5.95 Å². The molecular weight excluding hydrogens is 318 g/mol. The van der Waals surface area contributed by atoms with E-state index in [9.17, 15) is 0 Å². The Morgan fingerprint density at radius 2 is 2.20 bits per heavy atom. The van der Waals surface area contributed by atoms with Gasteiger partial charge in [0.15, 0.2) is 0 Å². The molecule has 0 bridgehead atoms. The number of anilines is 1. The summed E-state index contributed by atoms with van der Waals surface area (Å²) in [5.74, 6) is 0.765. The molecule has 2 aromatic rings. The summed E-state index contributed by atoms with van der Waals surface area (Å²) in [6, 6.07) is 1.94. The first-order valence-corrected chi connectivity index (χ1v) is 9.05. The van der Waals surface area contributed by atoms with Gasteiger partial charge in [0.1, 0.15) is 5.60 Å². The highest BCUT2D eigenvalue weighted by molar-refractivity contribution is 5.31. The highest BCUT2D eigenvalue weighted by Gasteiger charge is 2.43. The van der Waals surface area contributed by atoms with Crippen molar-refractivity contribution < 1.29 is 9.47 Å². The van der Waals surface area contributed by atoms with E-state index in [1.54, 1.807) is 6.20 Å². The number of aromatic nitrogens is 4. The van der Waals surface area contributed by atoms with Gasteiger partial charge in [-0.3, -0.25) is 4.68 Å². The highest BCUT2D eigenvalue weighted by Crippen LogP contribution is 2.34. The van der Waals surface area contributed by atoms with Crippen molar-refractivity contribution >= 4 is 5.95 Å². The predicted octanol–water partition coefficient (Wildman–Crippen LogP) is 1.69. The van der Waals surface area contributed by atoms with E-state index in [1.807, 2.05) is 29.3 Å². The van der Waals surface area contributed by atoms with Gasteiger partial charge in [-0.05, 0) is 30.9 Å². The largest absolute Gasteiger partial charge is 0.377 e. The van der Waals surface area contributed by atoms with Crippen LogP contribution in [0.3, 0.4) is 0 Å². The lowest BCUT2D eigenvalue weighted by atomic mass is 10.0. The fourth-order valence-electron chi connectivity index (χ4n) is 3.63. The van der Waals surface area contributed by atoms with Crippen molar-refractivity contribution in [2.24, 2.45) is 0 Å². The molecule has 2 aliphatic heterocycles. The maximum absolute atomic E-state index is 6.46. The SMILES string of the molecule is CCc1cnc(N2CCOCC3(CCC(Cn4cccn4)O3)C2)nc1. The summed E-state index contributed by atoms with van der Waals surface area (Å²) >= 11 is 0. The summed E-state index contributed by atoms with van der Waals surface area (Å²) in [6.45, 7) is 5.77. The van der Waals surface area contributed by atoms with E-state index >= 15 is 0 Å². The number of nitrogens with zero attached hydrogens (tertiary/aromatic N) is 5. The van der Waals surface area contributed by atoms with Gasteiger partial charge in [0.05, 0.1) is 32.4 Å². The average molecular weight is 343 g/mol. The second-order valence-electron chi connectivity index (χ2n) is 6.91. The zero-order valence-corrected chi connectivity index (χ0v) is 14.7. The first kappa shape index (κ1) is 16.5. The summed E-state index contributed by atoms with van der Waals surface area (Å²) < 4.78 is 14.3. The third-order valence-corrected chi connectivity index (χ3v) is 5.02. The first-order valence-electron chi connectivity index (χ1n) is 9.05. The molecule has 1 spiro atoms. The molecule has 7 heteroatoms. The Hall–Kier alpha value is -1.99. The van der Waals surface area contributed by atoms with Crippen LogP contribution in [0.25, 0.3) is 0 Å². The summed E-state index contributed by atoms with van der Waals surface area (Å²) in [7, 11) is 0. The van der Waals surface area contributed by atoms with E-state index < -0.39 is 0 Å². The Bertz CT molecular complexity index is 675. The molecule has 2 fully saturated rings. The molecule has 0 aromatic carbocycles. The van der Waals surface area contributed by atoms with Crippen LogP contribution in [-0.2, 0) is 22.4 Å². The maximum Gasteiger partial charge on any atom is 0.225 e. The fraction of sp³-hybridized carbons (Fsp3) is 0.611. The Morgan fingerprint density at radius 1 is 1.32 bits per heavy atom.